The number of amidine groups is 1. The molecule has 4 rings (SSSR count). The minimum Gasteiger partial charge on any atom is -0.360 e. The van der Waals surface area contributed by atoms with Crippen LogP contribution in [0.1, 0.15) is 51.3 Å². The van der Waals surface area contributed by atoms with E-state index < -0.39 is 0 Å². The molecule has 6 heteroatoms. The molecule has 0 radical (unpaired) electrons. The number of aliphatic imine (C=N–C) groups is 1. The molecular weight excluding hydrogens is 438 g/mol. The number of rotatable bonds is 3. The molecule has 0 atom stereocenters. The highest BCUT2D eigenvalue weighted by Crippen LogP contribution is 2.41. The number of thioether (sulfide) groups is 1. The van der Waals surface area contributed by atoms with E-state index >= 15 is 0 Å². The Labute approximate surface area is 199 Å². The summed E-state index contributed by atoms with van der Waals surface area (Å²) >= 11 is 7.55. The van der Waals surface area contributed by atoms with Crippen LogP contribution in [-0.2, 0) is 4.79 Å². The van der Waals surface area contributed by atoms with Crippen molar-refractivity contribution in [3.05, 3.63) is 69.1 Å². The quantitative estimate of drug-likeness (QED) is 0.499. The molecule has 2 aromatic rings. The van der Waals surface area contributed by atoms with Gasteiger partial charge in [-0.05, 0) is 100 Å². The van der Waals surface area contributed by atoms with Crippen LogP contribution in [0.4, 0.5) is 11.4 Å². The van der Waals surface area contributed by atoms with Crippen LogP contribution in [0.25, 0.3) is 11.6 Å². The zero-order valence-corrected chi connectivity index (χ0v) is 20.9. The van der Waals surface area contributed by atoms with Crippen molar-refractivity contribution in [3.8, 4) is 0 Å². The van der Waals surface area contributed by atoms with Gasteiger partial charge in [-0.2, -0.15) is 0 Å². The fourth-order valence-electron chi connectivity index (χ4n) is 4.56. The Morgan fingerprint density at radius 2 is 1.94 bits per heavy atom. The maximum Gasteiger partial charge on any atom is 0.264 e. The van der Waals surface area contributed by atoms with Crippen molar-refractivity contribution in [1.29, 1.82) is 0 Å². The fraction of sp³-hybridized carbons (Fsp3) is 0.308. The highest BCUT2D eigenvalue weighted by molar-refractivity contribution is 8.18. The van der Waals surface area contributed by atoms with Crippen molar-refractivity contribution in [2.24, 2.45) is 4.99 Å². The second-order valence-electron chi connectivity index (χ2n) is 9.09. The van der Waals surface area contributed by atoms with Gasteiger partial charge in [0.05, 0.1) is 16.1 Å². The van der Waals surface area contributed by atoms with E-state index in [1.54, 1.807) is 0 Å². The largest absolute Gasteiger partial charge is 0.360 e. The number of fused-ring (bicyclic) bond motifs is 1. The Balaban J connectivity index is 1.65. The van der Waals surface area contributed by atoms with Gasteiger partial charge in [-0.15, -0.1) is 0 Å². The molecule has 32 heavy (non-hydrogen) atoms. The predicted molar refractivity (Wildman–Crippen MR) is 139 cm³/mol. The SMILES string of the molecule is CC1=CC(C)(C)N(C(C)C)c2ccc(/C=C3\SC(=Nc4cccc(Cl)c4C)NC3=O)cc21. The zero-order valence-electron chi connectivity index (χ0n) is 19.3. The first kappa shape index (κ1) is 22.7. The van der Waals surface area contributed by atoms with Crippen LogP contribution in [-0.4, -0.2) is 22.7 Å². The summed E-state index contributed by atoms with van der Waals surface area (Å²) in [5.74, 6) is -0.136. The first-order valence-corrected chi connectivity index (χ1v) is 11.9. The smallest absolute Gasteiger partial charge is 0.264 e. The van der Waals surface area contributed by atoms with Crippen LogP contribution >= 0.6 is 23.4 Å². The van der Waals surface area contributed by atoms with E-state index in [0.717, 1.165) is 16.8 Å². The molecule has 4 nitrogen and oxygen atoms in total. The predicted octanol–water partition coefficient (Wildman–Crippen LogP) is 6.95. The van der Waals surface area contributed by atoms with Gasteiger partial charge < -0.3 is 10.2 Å². The van der Waals surface area contributed by atoms with Crippen LogP contribution in [0.2, 0.25) is 5.02 Å². The van der Waals surface area contributed by atoms with Gasteiger partial charge in [0, 0.05) is 22.3 Å². The van der Waals surface area contributed by atoms with Crippen molar-refractivity contribution < 1.29 is 4.79 Å². The molecule has 2 aliphatic rings. The molecule has 166 valence electrons. The lowest BCUT2D eigenvalue weighted by molar-refractivity contribution is -0.115. The fourth-order valence-corrected chi connectivity index (χ4v) is 5.56. The molecule has 0 aromatic heterocycles. The Morgan fingerprint density at radius 1 is 1.19 bits per heavy atom. The van der Waals surface area contributed by atoms with Gasteiger partial charge in [-0.25, -0.2) is 4.99 Å². The van der Waals surface area contributed by atoms with E-state index in [9.17, 15) is 4.79 Å². The number of amides is 1. The second kappa shape index (κ2) is 8.45. The van der Waals surface area contributed by atoms with E-state index in [2.05, 4.69) is 74.1 Å². The molecule has 0 saturated carbocycles. The number of nitrogens with zero attached hydrogens (tertiary/aromatic N) is 2. The van der Waals surface area contributed by atoms with Crippen molar-refractivity contribution in [2.75, 3.05) is 4.90 Å². The number of benzene rings is 2. The number of hydrogen-bond donors (Lipinski definition) is 1. The summed E-state index contributed by atoms with van der Waals surface area (Å²) in [4.78, 5) is 20.3. The molecule has 1 amide bonds. The van der Waals surface area contributed by atoms with Gasteiger partial charge in [0.15, 0.2) is 5.17 Å². The number of hydrogen-bond acceptors (Lipinski definition) is 4. The van der Waals surface area contributed by atoms with E-state index in [0.29, 0.717) is 21.1 Å². The van der Waals surface area contributed by atoms with E-state index in [-0.39, 0.29) is 11.4 Å². The average Bonchev–Trinajstić information content (AvgIpc) is 3.04. The third-order valence-corrected chi connectivity index (χ3v) is 7.14. The van der Waals surface area contributed by atoms with Crippen molar-refractivity contribution in [2.45, 2.75) is 53.1 Å². The summed E-state index contributed by atoms with van der Waals surface area (Å²) in [5.41, 5.74) is 6.29. The Hall–Kier alpha value is -2.50. The number of halogens is 1. The summed E-state index contributed by atoms with van der Waals surface area (Å²) < 4.78 is 0. The number of carbonyl (C=O) groups excluding carboxylic acids is 1. The van der Waals surface area contributed by atoms with Crippen LogP contribution in [0.5, 0.6) is 0 Å². The molecule has 1 fully saturated rings. The Bertz CT molecular complexity index is 1190. The van der Waals surface area contributed by atoms with Gasteiger partial charge in [-0.3, -0.25) is 4.79 Å². The number of anilines is 1. The van der Waals surface area contributed by atoms with E-state index in [4.69, 9.17) is 11.6 Å². The molecule has 1 saturated heterocycles. The number of nitrogens with one attached hydrogen (secondary N) is 1. The highest BCUT2D eigenvalue weighted by atomic mass is 35.5. The molecular formula is C26H28ClN3OS. The van der Waals surface area contributed by atoms with Crippen LogP contribution < -0.4 is 10.2 Å². The van der Waals surface area contributed by atoms with Crippen LogP contribution in [0, 0.1) is 6.92 Å². The maximum atomic E-state index is 12.6. The number of allylic oxidation sites excluding steroid dienone is 1. The molecule has 2 aliphatic heterocycles. The van der Waals surface area contributed by atoms with Gasteiger partial charge in [0.25, 0.3) is 5.91 Å². The first-order valence-electron chi connectivity index (χ1n) is 10.7. The standard InChI is InChI=1S/C26H28ClN3OS/c1-15(2)30-22-11-10-18(12-19(22)16(3)14-26(30,5)6)13-23-24(31)29-25(32-23)28-21-9-7-8-20(27)17(21)4/h7-15H,1-6H3,(H,28,29,31)/b23-13-. The van der Waals surface area contributed by atoms with Gasteiger partial charge in [-0.1, -0.05) is 29.8 Å². The minimum absolute atomic E-state index is 0.0454. The van der Waals surface area contributed by atoms with E-state index in [1.807, 2.05) is 31.2 Å². The second-order valence-corrected chi connectivity index (χ2v) is 10.5. The average molecular weight is 466 g/mol. The van der Waals surface area contributed by atoms with E-state index in [1.165, 1.54) is 28.6 Å². The lowest BCUT2D eigenvalue weighted by atomic mass is 9.87. The van der Waals surface area contributed by atoms with Gasteiger partial charge in [0.2, 0.25) is 0 Å². The van der Waals surface area contributed by atoms with Gasteiger partial charge in [0.1, 0.15) is 0 Å². The summed E-state index contributed by atoms with van der Waals surface area (Å²) in [7, 11) is 0. The maximum absolute atomic E-state index is 12.6. The molecule has 1 N–H and O–H groups in total. The Morgan fingerprint density at radius 3 is 2.66 bits per heavy atom. The monoisotopic (exact) mass is 465 g/mol. The molecule has 0 aliphatic carbocycles. The summed E-state index contributed by atoms with van der Waals surface area (Å²) in [6.45, 7) is 13.0. The molecule has 0 unspecified atom stereocenters. The molecule has 0 spiro atoms. The number of carbonyl (C=O) groups is 1. The topological polar surface area (TPSA) is 44.7 Å². The zero-order chi connectivity index (χ0) is 23.2. The van der Waals surface area contributed by atoms with Crippen LogP contribution in [0.15, 0.2) is 52.4 Å². The minimum atomic E-state index is -0.136. The third-order valence-electron chi connectivity index (χ3n) is 5.82. The van der Waals surface area contributed by atoms with Crippen LogP contribution in [0.3, 0.4) is 0 Å². The normalized spacial score (nSPS) is 20.1. The lowest BCUT2D eigenvalue weighted by Gasteiger charge is -2.46. The lowest BCUT2D eigenvalue weighted by Crippen LogP contribution is -2.49. The summed E-state index contributed by atoms with van der Waals surface area (Å²) in [5, 5.41) is 4.09. The van der Waals surface area contributed by atoms with Crippen molar-refractivity contribution >= 4 is 57.5 Å². The third kappa shape index (κ3) is 4.24. The molecule has 0 bridgehead atoms. The van der Waals surface area contributed by atoms with Crippen molar-refractivity contribution in [3.63, 3.8) is 0 Å². The summed E-state index contributed by atoms with van der Waals surface area (Å²) in [6, 6.07) is 12.4. The highest BCUT2D eigenvalue weighted by Gasteiger charge is 2.33. The van der Waals surface area contributed by atoms with Crippen molar-refractivity contribution in [1.82, 2.24) is 5.32 Å². The first-order chi connectivity index (χ1) is 15.1. The molecule has 2 heterocycles. The Kier molecular flexibility index (Phi) is 5.99. The molecule has 2 aromatic carbocycles. The summed E-state index contributed by atoms with van der Waals surface area (Å²) in [6.07, 6.45) is 4.25. The van der Waals surface area contributed by atoms with Gasteiger partial charge >= 0.3 is 0 Å².